The molecule has 23 heavy (non-hydrogen) atoms. The molecule has 0 saturated carbocycles. The van der Waals surface area contributed by atoms with E-state index in [9.17, 15) is 9.90 Å². The van der Waals surface area contributed by atoms with E-state index in [1.54, 1.807) is 42.5 Å². The summed E-state index contributed by atoms with van der Waals surface area (Å²) in [5.41, 5.74) is 1.30. The number of anilines is 1. The molecule has 0 saturated heterocycles. The second kappa shape index (κ2) is 6.28. The summed E-state index contributed by atoms with van der Waals surface area (Å²) in [6.45, 7) is 0. The van der Waals surface area contributed by atoms with E-state index in [1.165, 1.54) is 0 Å². The highest BCUT2D eigenvalue weighted by molar-refractivity contribution is 6.31. The Kier molecular flexibility index (Phi) is 4.18. The first-order valence-electron chi connectivity index (χ1n) is 6.51. The lowest BCUT2D eigenvalue weighted by Crippen LogP contribution is -2.04. The van der Waals surface area contributed by atoms with Gasteiger partial charge in [-0.15, -0.1) is 5.11 Å². The number of fused-ring (bicyclic) bond motifs is 1. The van der Waals surface area contributed by atoms with Gasteiger partial charge in [0.15, 0.2) is 5.69 Å². The Morgan fingerprint density at radius 3 is 2.52 bits per heavy atom. The van der Waals surface area contributed by atoms with E-state index in [2.05, 4.69) is 20.5 Å². The fourth-order valence-corrected chi connectivity index (χ4v) is 2.32. The Morgan fingerprint density at radius 2 is 1.78 bits per heavy atom. The zero-order valence-corrected chi connectivity index (χ0v) is 13.1. The molecule has 8 heteroatoms. The lowest BCUT2D eigenvalue weighted by molar-refractivity contribution is 0.258. The number of H-pyrrole nitrogens is 1. The third kappa shape index (κ3) is 3.44. The van der Waals surface area contributed by atoms with Crippen LogP contribution in [0.5, 0.6) is 5.88 Å². The summed E-state index contributed by atoms with van der Waals surface area (Å²) in [5.74, 6) is -0.190. The van der Waals surface area contributed by atoms with Crippen LogP contribution in [0.4, 0.5) is 16.2 Å². The van der Waals surface area contributed by atoms with Gasteiger partial charge in [0.05, 0.1) is 5.52 Å². The molecule has 6 nitrogen and oxygen atoms in total. The van der Waals surface area contributed by atoms with E-state index >= 15 is 0 Å². The van der Waals surface area contributed by atoms with Gasteiger partial charge >= 0.3 is 6.03 Å². The standard InChI is InChI=1S/C15H10Cl2N4O2/c16-8-1-4-10(5-2-8)18-15(23)21-20-13-11-6-3-9(17)7-12(11)19-14(13)22/h1-7,19,22H,(H,18,23). The molecule has 0 radical (unpaired) electrons. The summed E-state index contributed by atoms with van der Waals surface area (Å²) in [4.78, 5) is 14.5. The number of hydrogen-bond donors (Lipinski definition) is 3. The number of halogens is 2. The number of carbonyl (C=O) groups excluding carboxylic acids is 1. The predicted octanol–water partition coefficient (Wildman–Crippen LogP) is 5.50. The number of urea groups is 1. The molecule has 0 unspecified atom stereocenters. The first-order chi connectivity index (χ1) is 11.0. The zero-order valence-electron chi connectivity index (χ0n) is 11.5. The van der Waals surface area contributed by atoms with Crippen molar-refractivity contribution in [3.8, 4) is 5.88 Å². The predicted molar refractivity (Wildman–Crippen MR) is 90.0 cm³/mol. The minimum absolute atomic E-state index is 0.169. The number of aromatic hydroxyl groups is 1. The van der Waals surface area contributed by atoms with E-state index in [-0.39, 0.29) is 11.6 Å². The molecule has 2 amide bonds. The highest BCUT2D eigenvalue weighted by Crippen LogP contribution is 2.36. The minimum atomic E-state index is -0.671. The van der Waals surface area contributed by atoms with Gasteiger partial charge in [0.1, 0.15) is 0 Å². The van der Waals surface area contributed by atoms with Crippen LogP contribution in [0.25, 0.3) is 10.9 Å². The van der Waals surface area contributed by atoms with Crippen LogP contribution in [0, 0.1) is 0 Å². The number of nitrogens with zero attached hydrogens (tertiary/aromatic N) is 2. The van der Waals surface area contributed by atoms with E-state index in [0.717, 1.165) is 0 Å². The largest absolute Gasteiger partial charge is 0.493 e. The summed E-state index contributed by atoms with van der Waals surface area (Å²) in [5, 5.41) is 21.4. The smallest absolute Gasteiger partial charge is 0.364 e. The monoisotopic (exact) mass is 348 g/mol. The maximum atomic E-state index is 11.8. The number of aromatic nitrogens is 1. The highest BCUT2D eigenvalue weighted by atomic mass is 35.5. The number of rotatable bonds is 2. The summed E-state index contributed by atoms with van der Waals surface area (Å²) >= 11 is 11.6. The van der Waals surface area contributed by atoms with Gasteiger partial charge in [-0.25, -0.2) is 4.79 Å². The van der Waals surface area contributed by atoms with Crippen molar-refractivity contribution in [2.24, 2.45) is 10.2 Å². The van der Waals surface area contributed by atoms with Gasteiger partial charge in [-0.1, -0.05) is 28.3 Å². The summed E-state index contributed by atoms with van der Waals surface area (Å²) < 4.78 is 0. The second-order valence-electron chi connectivity index (χ2n) is 4.65. The number of benzene rings is 2. The van der Waals surface area contributed by atoms with Gasteiger partial charge < -0.3 is 15.4 Å². The SMILES string of the molecule is O=C(N=Nc1c(O)[nH]c2cc(Cl)ccc12)Nc1ccc(Cl)cc1. The van der Waals surface area contributed by atoms with Crippen LogP contribution in [0.1, 0.15) is 0 Å². The summed E-state index contributed by atoms with van der Waals surface area (Å²) in [7, 11) is 0. The van der Waals surface area contributed by atoms with Crippen molar-refractivity contribution in [2.75, 3.05) is 5.32 Å². The lowest BCUT2D eigenvalue weighted by atomic mass is 10.2. The van der Waals surface area contributed by atoms with E-state index < -0.39 is 6.03 Å². The van der Waals surface area contributed by atoms with Crippen molar-refractivity contribution in [2.45, 2.75) is 0 Å². The molecule has 0 bridgehead atoms. The zero-order chi connectivity index (χ0) is 16.4. The molecular formula is C15H10Cl2N4O2. The van der Waals surface area contributed by atoms with E-state index in [1.807, 2.05) is 0 Å². The number of hydrogen-bond acceptors (Lipinski definition) is 3. The quantitative estimate of drug-likeness (QED) is 0.534. The highest BCUT2D eigenvalue weighted by Gasteiger charge is 2.11. The number of aromatic amines is 1. The lowest BCUT2D eigenvalue weighted by Gasteiger charge is -2.00. The molecule has 116 valence electrons. The van der Waals surface area contributed by atoms with Gasteiger partial charge in [0.2, 0.25) is 5.88 Å². The molecule has 1 heterocycles. The second-order valence-corrected chi connectivity index (χ2v) is 5.52. The van der Waals surface area contributed by atoms with Gasteiger partial charge in [0.25, 0.3) is 0 Å². The molecule has 0 spiro atoms. The number of carbonyl (C=O) groups is 1. The Balaban J connectivity index is 1.81. The average molecular weight is 349 g/mol. The van der Waals surface area contributed by atoms with Crippen LogP contribution >= 0.6 is 23.2 Å². The number of azo groups is 1. The van der Waals surface area contributed by atoms with Crippen molar-refractivity contribution in [3.63, 3.8) is 0 Å². The van der Waals surface area contributed by atoms with Crippen molar-refractivity contribution in [3.05, 3.63) is 52.5 Å². The van der Waals surface area contributed by atoms with E-state index in [0.29, 0.717) is 26.6 Å². The molecule has 3 rings (SSSR count). The Labute approximate surface area is 140 Å². The first kappa shape index (κ1) is 15.3. The Morgan fingerprint density at radius 1 is 1.09 bits per heavy atom. The third-order valence-electron chi connectivity index (χ3n) is 3.05. The topological polar surface area (TPSA) is 89.8 Å². The number of amides is 2. The van der Waals surface area contributed by atoms with Gasteiger partial charge in [-0.3, -0.25) is 0 Å². The van der Waals surface area contributed by atoms with E-state index in [4.69, 9.17) is 23.2 Å². The van der Waals surface area contributed by atoms with Crippen LogP contribution in [0.2, 0.25) is 10.0 Å². The van der Waals surface area contributed by atoms with Crippen LogP contribution in [0.15, 0.2) is 52.7 Å². The van der Waals surface area contributed by atoms with Crippen molar-refractivity contribution in [1.82, 2.24) is 4.98 Å². The van der Waals surface area contributed by atoms with Crippen molar-refractivity contribution < 1.29 is 9.90 Å². The minimum Gasteiger partial charge on any atom is -0.493 e. The fourth-order valence-electron chi connectivity index (χ4n) is 2.02. The normalized spacial score (nSPS) is 11.2. The maximum Gasteiger partial charge on any atom is 0.364 e. The maximum absolute atomic E-state index is 11.8. The van der Waals surface area contributed by atoms with Crippen molar-refractivity contribution in [1.29, 1.82) is 0 Å². The summed E-state index contributed by atoms with van der Waals surface area (Å²) in [6, 6.07) is 10.9. The molecule has 3 aromatic rings. The third-order valence-corrected chi connectivity index (χ3v) is 3.54. The Hall–Kier alpha value is -2.57. The molecule has 0 atom stereocenters. The molecule has 1 aromatic heterocycles. The van der Waals surface area contributed by atoms with Gasteiger partial charge in [-0.2, -0.15) is 0 Å². The molecule has 0 fully saturated rings. The average Bonchev–Trinajstić information content (AvgIpc) is 2.82. The molecule has 2 aromatic carbocycles. The van der Waals surface area contributed by atoms with Crippen LogP contribution in [-0.4, -0.2) is 16.1 Å². The van der Waals surface area contributed by atoms with Crippen LogP contribution in [0.3, 0.4) is 0 Å². The molecule has 0 aliphatic heterocycles. The number of nitrogens with one attached hydrogen (secondary N) is 2. The van der Waals surface area contributed by atoms with Crippen LogP contribution < -0.4 is 5.32 Å². The summed E-state index contributed by atoms with van der Waals surface area (Å²) in [6.07, 6.45) is 0. The fraction of sp³-hybridized carbons (Fsp3) is 0. The Bertz CT molecular complexity index is 904. The van der Waals surface area contributed by atoms with Crippen LogP contribution in [-0.2, 0) is 0 Å². The molecule has 0 aliphatic carbocycles. The van der Waals surface area contributed by atoms with Gasteiger partial charge in [0, 0.05) is 21.1 Å². The van der Waals surface area contributed by atoms with Crippen molar-refractivity contribution >= 4 is 51.5 Å². The van der Waals surface area contributed by atoms with Gasteiger partial charge in [-0.05, 0) is 42.5 Å². The molecular weight excluding hydrogens is 339 g/mol. The first-order valence-corrected chi connectivity index (χ1v) is 7.27. The molecule has 3 N–H and O–H groups in total. The molecule has 0 aliphatic rings.